The Morgan fingerprint density at radius 2 is 2.00 bits per heavy atom. The van der Waals surface area contributed by atoms with Crippen LogP contribution in [0.2, 0.25) is 0 Å². The minimum atomic E-state index is -0.217. The summed E-state index contributed by atoms with van der Waals surface area (Å²) in [7, 11) is 0. The number of allylic oxidation sites excluding steroid dienone is 1. The molecule has 1 saturated heterocycles. The lowest BCUT2D eigenvalue weighted by atomic mass is 10.2. The molecule has 0 atom stereocenters. The molecule has 1 aromatic carbocycles. The molecule has 0 spiro atoms. The zero-order valence-electron chi connectivity index (χ0n) is 15.4. The van der Waals surface area contributed by atoms with Gasteiger partial charge in [-0.15, -0.1) is 6.58 Å². The van der Waals surface area contributed by atoms with Gasteiger partial charge in [0.15, 0.2) is 10.3 Å². The summed E-state index contributed by atoms with van der Waals surface area (Å²) in [6.07, 6.45) is 1.77. The lowest BCUT2D eigenvalue weighted by Gasteiger charge is -2.34. The van der Waals surface area contributed by atoms with Crippen molar-refractivity contribution in [1.29, 1.82) is 0 Å². The maximum atomic E-state index is 13.4. The molecule has 7 heteroatoms. The first-order valence-electron chi connectivity index (χ1n) is 9.20. The van der Waals surface area contributed by atoms with E-state index in [2.05, 4.69) is 27.4 Å². The second-order valence-corrected chi connectivity index (χ2v) is 7.71. The summed E-state index contributed by atoms with van der Waals surface area (Å²) < 4.78 is 21.6. The van der Waals surface area contributed by atoms with Crippen LogP contribution >= 0.6 is 15.9 Å². The molecule has 3 aromatic rings. The Morgan fingerprint density at radius 3 is 2.71 bits per heavy atom. The van der Waals surface area contributed by atoms with Crippen LogP contribution in [0, 0.1) is 5.82 Å². The molecule has 28 heavy (non-hydrogen) atoms. The smallest absolute Gasteiger partial charge is 0.270 e. The van der Waals surface area contributed by atoms with Gasteiger partial charge >= 0.3 is 0 Å². The number of halogens is 2. The van der Waals surface area contributed by atoms with E-state index in [1.54, 1.807) is 24.3 Å². The molecule has 146 valence electrons. The number of aromatic nitrogens is 1. The van der Waals surface area contributed by atoms with Crippen molar-refractivity contribution in [2.45, 2.75) is 13.1 Å². The van der Waals surface area contributed by atoms with Crippen LogP contribution in [0.3, 0.4) is 0 Å². The first kappa shape index (κ1) is 19.0. The van der Waals surface area contributed by atoms with Crippen LogP contribution in [-0.4, -0.2) is 46.5 Å². The SMILES string of the molecule is C=CCn1c(C(=O)N2CCN(Cc3cccc(F)c3)CC2)cc2oc(Br)cc21. The minimum absolute atomic E-state index is 0.00484. The van der Waals surface area contributed by atoms with E-state index in [0.717, 1.165) is 24.2 Å². The van der Waals surface area contributed by atoms with Crippen molar-refractivity contribution >= 4 is 32.9 Å². The quantitative estimate of drug-likeness (QED) is 0.550. The van der Waals surface area contributed by atoms with E-state index in [9.17, 15) is 9.18 Å². The summed E-state index contributed by atoms with van der Waals surface area (Å²) in [4.78, 5) is 17.2. The largest absolute Gasteiger partial charge is 0.448 e. The van der Waals surface area contributed by atoms with Crippen molar-refractivity contribution in [1.82, 2.24) is 14.4 Å². The van der Waals surface area contributed by atoms with Crippen LogP contribution in [0.4, 0.5) is 4.39 Å². The number of amides is 1. The van der Waals surface area contributed by atoms with Gasteiger partial charge in [0.05, 0.1) is 5.52 Å². The summed E-state index contributed by atoms with van der Waals surface area (Å²) >= 11 is 3.34. The minimum Gasteiger partial charge on any atom is -0.448 e. The number of fused-ring (bicyclic) bond motifs is 1. The predicted molar refractivity (Wildman–Crippen MR) is 110 cm³/mol. The third-order valence-electron chi connectivity index (χ3n) is 5.05. The lowest BCUT2D eigenvalue weighted by Crippen LogP contribution is -2.48. The van der Waals surface area contributed by atoms with Crippen LogP contribution in [0.15, 0.2) is 58.1 Å². The van der Waals surface area contributed by atoms with Crippen molar-refractivity contribution in [3.8, 4) is 0 Å². The fourth-order valence-corrected chi connectivity index (χ4v) is 4.07. The monoisotopic (exact) mass is 445 g/mol. The van der Waals surface area contributed by atoms with Crippen LogP contribution in [0.25, 0.3) is 11.1 Å². The Kier molecular flexibility index (Phi) is 5.37. The maximum Gasteiger partial charge on any atom is 0.270 e. The Morgan fingerprint density at radius 1 is 1.21 bits per heavy atom. The fraction of sp³-hybridized carbons (Fsp3) is 0.286. The molecule has 0 bridgehead atoms. The van der Waals surface area contributed by atoms with E-state index >= 15 is 0 Å². The average Bonchev–Trinajstić information content (AvgIpc) is 3.19. The van der Waals surface area contributed by atoms with Gasteiger partial charge in [0, 0.05) is 51.4 Å². The standard InChI is InChI=1S/C21H21BrFN3O2/c1-2-6-26-17-13-20(22)28-19(17)12-18(26)21(27)25-9-7-24(8-10-25)14-15-4-3-5-16(23)11-15/h2-5,11-13H,1,6-10,14H2. The molecule has 3 heterocycles. The van der Waals surface area contributed by atoms with Crippen molar-refractivity contribution < 1.29 is 13.6 Å². The lowest BCUT2D eigenvalue weighted by molar-refractivity contribution is 0.0619. The van der Waals surface area contributed by atoms with Crippen molar-refractivity contribution in [3.05, 3.63) is 70.8 Å². The summed E-state index contributed by atoms with van der Waals surface area (Å²) in [5.41, 5.74) is 3.12. The van der Waals surface area contributed by atoms with Gasteiger partial charge in [-0.2, -0.15) is 0 Å². The van der Waals surface area contributed by atoms with Crippen molar-refractivity contribution in [3.63, 3.8) is 0 Å². The van der Waals surface area contributed by atoms with E-state index < -0.39 is 0 Å². The highest BCUT2D eigenvalue weighted by Crippen LogP contribution is 2.28. The molecule has 1 fully saturated rings. The predicted octanol–water partition coefficient (Wildman–Crippen LogP) is 4.28. The number of nitrogens with zero attached hydrogens (tertiary/aromatic N) is 3. The third-order valence-corrected chi connectivity index (χ3v) is 5.44. The van der Waals surface area contributed by atoms with Crippen LogP contribution in [-0.2, 0) is 13.1 Å². The first-order chi connectivity index (χ1) is 13.5. The van der Waals surface area contributed by atoms with E-state index in [1.807, 2.05) is 21.6 Å². The Labute approximate surface area is 171 Å². The van der Waals surface area contributed by atoms with Gasteiger partial charge in [0.1, 0.15) is 11.5 Å². The van der Waals surface area contributed by atoms with Crippen molar-refractivity contribution in [2.24, 2.45) is 0 Å². The number of carbonyl (C=O) groups excluding carboxylic acids is 1. The average molecular weight is 446 g/mol. The molecule has 0 unspecified atom stereocenters. The molecule has 0 radical (unpaired) electrons. The molecule has 4 rings (SSSR count). The number of hydrogen-bond acceptors (Lipinski definition) is 3. The number of hydrogen-bond donors (Lipinski definition) is 0. The second kappa shape index (κ2) is 7.93. The molecular formula is C21H21BrFN3O2. The Bertz CT molecular complexity index is 1020. The molecule has 5 nitrogen and oxygen atoms in total. The highest BCUT2D eigenvalue weighted by Gasteiger charge is 2.26. The number of rotatable bonds is 5. The Balaban J connectivity index is 1.45. The zero-order chi connectivity index (χ0) is 19.7. The van der Waals surface area contributed by atoms with Crippen LogP contribution in [0.5, 0.6) is 0 Å². The molecule has 1 aliphatic heterocycles. The van der Waals surface area contributed by atoms with Gasteiger partial charge in [-0.25, -0.2) is 4.39 Å². The van der Waals surface area contributed by atoms with Gasteiger partial charge in [-0.3, -0.25) is 9.69 Å². The van der Waals surface area contributed by atoms with Crippen LogP contribution < -0.4 is 0 Å². The molecular weight excluding hydrogens is 425 g/mol. The summed E-state index contributed by atoms with van der Waals surface area (Å²) in [6, 6.07) is 10.3. The fourth-order valence-electron chi connectivity index (χ4n) is 3.68. The highest BCUT2D eigenvalue weighted by molar-refractivity contribution is 9.10. The van der Waals surface area contributed by atoms with Gasteiger partial charge in [0.2, 0.25) is 0 Å². The first-order valence-corrected chi connectivity index (χ1v) is 10.00. The number of benzene rings is 1. The van der Waals surface area contributed by atoms with Gasteiger partial charge in [0.25, 0.3) is 5.91 Å². The molecule has 0 saturated carbocycles. The van der Waals surface area contributed by atoms with Gasteiger partial charge in [-0.1, -0.05) is 18.2 Å². The zero-order valence-corrected chi connectivity index (χ0v) is 17.0. The van der Waals surface area contributed by atoms with Gasteiger partial charge < -0.3 is 13.9 Å². The van der Waals surface area contributed by atoms with E-state index in [1.165, 1.54) is 6.07 Å². The highest BCUT2D eigenvalue weighted by atomic mass is 79.9. The summed E-state index contributed by atoms with van der Waals surface area (Å²) in [5.74, 6) is -0.222. The Hall–Kier alpha value is -2.38. The van der Waals surface area contributed by atoms with E-state index in [4.69, 9.17) is 4.42 Å². The molecule has 1 aliphatic rings. The molecule has 0 aliphatic carbocycles. The molecule has 2 aromatic heterocycles. The van der Waals surface area contributed by atoms with Crippen LogP contribution in [0.1, 0.15) is 16.1 Å². The maximum absolute atomic E-state index is 13.4. The van der Waals surface area contributed by atoms with E-state index in [0.29, 0.717) is 42.1 Å². The number of piperazine rings is 1. The second-order valence-electron chi connectivity index (χ2n) is 6.93. The summed E-state index contributed by atoms with van der Waals surface area (Å²) in [5, 5.41) is 0. The third kappa shape index (κ3) is 3.77. The number of carbonyl (C=O) groups is 1. The molecule has 1 amide bonds. The molecule has 0 N–H and O–H groups in total. The topological polar surface area (TPSA) is 41.6 Å². The van der Waals surface area contributed by atoms with Crippen molar-refractivity contribution in [2.75, 3.05) is 26.2 Å². The van der Waals surface area contributed by atoms with E-state index in [-0.39, 0.29) is 11.7 Å². The van der Waals surface area contributed by atoms with Gasteiger partial charge in [-0.05, 0) is 33.6 Å². The summed E-state index contributed by atoms with van der Waals surface area (Å²) in [6.45, 7) is 7.81. The normalized spacial score (nSPS) is 15.3. The number of furan rings is 1.